The minimum absolute atomic E-state index is 0.0311. The maximum absolute atomic E-state index is 13.6. The van der Waals surface area contributed by atoms with Gasteiger partial charge in [0.1, 0.15) is 12.6 Å². The molecule has 0 bridgehead atoms. The number of amides is 3. The zero-order chi connectivity index (χ0) is 41.1. The van der Waals surface area contributed by atoms with Crippen LogP contribution in [0.3, 0.4) is 0 Å². The van der Waals surface area contributed by atoms with E-state index in [-0.39, 0.29) is 33.9 Å². The number of benzene rings is 4. The number of carbonyl (C=O) groups is 3. The first-order valence-corrected chi connectivity index (χ1v) is 18.6. The van der Waals surface area contributed by atoms with Crippen LogP contribution in [0.4, 0.5) is 18.0 Å². The molecule has 5 aromatic rings. The number of hydrogen-bond acceptors (Lipinski definition) is 10. The summed E-state index contributed by atoms with van der Waals surface area (Å²) in [5.74, 6) is -1.25. The number of halogens is 3. The van der Waals surface area contributed by atoms with E-state index in [1.165, 1.54) is 38.2 Å². The highest BCUT2D eigenvalue weighted by Gasteiger charge is 2.40. The maximum atomic E-state index is 13.6. The van der Waals surface area contributed by atoms with Gasteiger partial charge in [0.2, 0.25) is 11.5 Å². The van der Waals surface area contributed by atoms with E-state index in [1.807, 2.05) is 6.92 Å². The second-order valence-corrected chi connectivity index (χ2v) is 14.6. The topological polar surface area (TPSA) is 179 Å². The average Bonchev–Trinajstić information content (AvgIpc) is 3.75. The number of alkyl halides is 3. The van der Waals surface area contributed by atoms with Gasteiger partial charge in [0.05, 0.1) is 39.4 Å². The van der Waals surface area contributed by atoms with Crippen molar-refractivity contribution in [1.82, 2.24) is 24.4 Å². The molecule has 2 heterocycles. The lowest BCUT2D eigenvalue weighted by molar-refractivity contribution is -0.714. The van der Waals surface area contributed by atoms with Gasteiger partial charge in [-0.25, -0.2) is 27.5 Å². The molecule has 0 saturated heterocycles. The third kappa shape index (κ3) is 8.88. The van der Waals surface area contributed by atoms with Crippen molar-refractivity contribution in [2.24, 2.45) is 5.28 Å². The van der Waals surface area contributed by atoms with Crippen LogP contribution in [0.1, 0.15) is 44.5 Å². The van der Waals surface area contributed by atoms with Crippen LogP contribution in [-0.4, -0.2) is 76.9 Å². The van der Waals surface area contributed by atoms with Crippen molar-refractivity contribution in [3.05, 3.63) is 142 Å². The average molecular weight is 806 g/mol. The molecule has 15 nitrogen and oxygen atoms in total. The second-order valence-electron chi connectivity index (χ2n) is 12.9. The largest absolute Gasteiger partial charge is 0.569 e. The molecule has 0 spiro atoms. The van der Waals surface area contributed by atoms with Crippen molar-refractivity contribution < 1.29 is 50.5 Å². The highest BCUT2D eigenvalue weighted by atomic mass is 32.2. The van der Waals surface area contributed by atoms with Gasteiger partial charge in [-0.2, -0.15) is 18.3 Å². The minimum Gasteiger partial charge on any atom is -0.569 e. The van der Waals surface area contributed by atoms with Crippen molar-refractivity contribution in [2.75, 3.05) is 13.7 Å². The maximum Gasteiger partial charge on any atom is 0.435 e. The smallest absolute Gasteiger partial charge is 0.435 e. The number of nitrogens with one attached hydrogen (secondary N) is 1. The lowest BCUT2D eigenvalue weighted by Gasteiger charge is -2.24. The first-order chi connectivity index (χ1) is 27.0. The normalized spacial score (nSPS) is 14.2. The molecule has 0 aliphatic carbocycles. The summed E-state index contributed by atoms with van der Waals surface area (Å²) < 4.78 is 75.3. The quantitative estimate of drug-likeness (QED) is 0.0617. The summed E-state index contributed by atoms with van der Waals surface area (Å²) >= 11 is 0. The van der Waals surface area contributed by atoms with E-state index in [2.05, 4.69) is 10.4 Å². The summed E-state index contributed by atoms with van der Waals surface area (Å²) in [4.78, 5) is 44.1. The third-order valence-corrected chi connectivity index (χ3v) is 10.3. The molecule has 2 atom stereocenters. The number of imide groups is 1. The molecule has 19 heteroatoms. The molecule has 1 aliphatic heterocycles. The zero-order valence-corrected chi connectivity index (χ0v) is 31.3. The number of aromatic nitrogens is 2. The molecule has 3 amide bonds. The van der Waals surface area contributed by atoms with Gasteiger partial charge in [-0.3, -0.25) is 9.59 Å². The van der Waals surface area contributed by atoms with E-state index in [4.69, 9.17) is 9.57 Å². The molecular weight excluding hydrogens is 772 g/mol. The summed E-state index contributed by atoms with van der Waals surface area (Å²) in [5.41, 5.74) is 1.48. The van der Waals surface area contributed by atoms with Crippen LogP contribution in [0, 0.1) is 12.1 Å². The number of rotatable bonds is 13. The van der Waals surface area contributed by atoms with E-state index < -0.39 is 63.6 Å². The van der Waals surface area contributed by atoms with Crippen molar-refractivity contribution in [1.29, 1.82) is 0 Å². The Morgan fingerprint density at radius 1 is 0.947 bits per heavy atom. The van der Waals surface area contributed by atoms with Gasteiger partial charge in [-0.05, 0) is 61.9 Å². The van der Waals surface area contributed by atoms with E-state index >= 15 is 0 Å². The number of aryl methyl sites for hydroxylation is 1. The Balaban J connectivity index is 1.13. The van der Waals surface area contributed by atoms with Gasteiger partial charge in [0, 0.05) is 12.0 Å². The Hall–Kier alpha value is -6.76. The number of likely N-dealkylation sites (N-methyl/N-ethyl adjacent to an activating group) is 1. The van der Waals surface area contributed by atoms with E-state index in [1.54, 1.807) is 71.5 Å². The minimum atomic E-state index is -4.75. The van der Waals surface area contributed by atoms with Crippen LogP contribution < -0.4 is 4.72 Å². The van der Waals surface area contributed by atoms with Crippen LogP contribution in [-0.2, 0) is 32.2 Å². The summed E-state index contributed by atoms with van der Waals surface area (Å²) in [5, 5.41) is 21.3. The second kappa shape index (κ2) is 16.1. The zero-order valence-electron chi connectivity index (χ0n) is 30.5. The Morgan fingerprint density at radius 3 is 2.14 bits per heavy atom. The molecule has 296 valence electrons. The number of ether oxygens (including phenoxy) is 1. The van der Waals surface area contributed by atoms with Gasteiger partial charge in [-0.15, -0.1) is 5.01 Å². The lowest BCUT2D eigenvalue weighted by Crippen LogP contribution is -2.44. The Labute approximate surface area is 324 Å². The predicted octanol–water partition coefficient (Wildman–Crippen LogP) is 6.28. The summed E-state index contributed by atoms with van der Waals surface area (Å²) in [6.07, 6.45) is -7.30. The van der Waals surface area contributed by atoms with Crippen LogP contribution in [0.5, 0.6) is 0 Å². The summed E-state index contributed by atoms with van der Waals surface area (Å²) in [6, 6.07) is 26.3. The standard InChI is InChI=1S/C38H34F3N7O8S/c1-24-13-15-27(16-14-24)33-22-34(38(39,40)41)42-47(33)28-17-19-30(20-18-28)57(53,54)43-37(51)55-23-29(21-26-9-5-4-6-10-26)45(3)48(52)44-56-25(2)46-35(49)31-11-7-8-12-32(31)36(46)50/h4-20,22,25,29H,21,23H2,1-3H3,(H,43,51)/b48-44+/t25?,29-/m0/s1. The van der Waals surface area contributed by atoms with Gasteiger partial charge >= 0.3 is 12.3 Å². The molecule has 0 saturated carbocycles. The summed E-state index contributed by atoms with van der Waals surface area (Å²) in [6.45, 7) is 2.65. The number of carbonyl (C=O) groups excluding carboxylic acids is 3. The third-order valence-electron chi connectivity index (χ3n) is 8.93. The molecule has 1 unspecified atom stereocenters. The number of sulfonamides is 1. The van der Waals surface area contributed by atoms with Crippen LogP contribution >= 0.6 is 0 Å². The first kappa shape index (κ1) is 39.9. The molecule has 57 heavy (non-hydrogen) atoms. The van der Waals surface area contributed by atoms with E-state index in [9.17, 15) is 41.2 Å². The summed E-state index contributed by atoms with van der Waals surface area (Å²) in [7, 11) is -3.25. The van der Waals surface area contributed by atoms with Crippen molar-refractivity contribution in [2.45, 2.75) is 43.6 Å². The lowest BCUT2D eigenvalue weighted by atomic mass is 10.1. The SMILES string of the molecule is Cc1ccc(-c2cc(C(F)(F)F)nn2-c2ccc(S(=O)(=O)NC(=O)OC[C@H](Cc3ccccc3)N(C)/[N+]([O-])=N\OC(C)N3C(=O)c4ccccc4C3=O)cc2)cc1. The molecule has 4 aromatic carbocycles. The fourth-order valence-corrected chi connectivity index (χ4v) is 6.75. The molecule has 0 radical (unpaired) electrons. The Morgan fingerprint density at radius 2 is 1.54 bits per heavy atom. The highest BCUT2D eigenvalue weighted by Crippen LogP contribution is 2.33. The van der Waals surface area contributed by atoms with Gasteiger partial charge in [0.25, 0.3) is 21.8 Å². The molecule has 1 N–H and O–H groups in total. The predicted molar refractivity (Wildman–Crippen MR) is 196 cm³/mol. The molecule has 1 aromatic heterocycles. The fourth-order valence-electron chi connectivity index (χ4n) is 5.86. The monoisotopic (exact) mass is 805 g/mol. The van der Waals surface area contributed by atoms with Crippen LogP contribution in [0.15, 0.2) is 119 Å². The van der Waals surface area contributed by atoms with Gasteiger partial charge in [0.15, 0.2) is 5.69 Å². The molecule has 1 aliphatic rings. The fraction of sp³-hybridized carbons (Fsp3) is 0.211. The van der Waals surface area contributed by atoms with Crippen LogP contribution in [0.2, 0.25) is 0 Å². The van der Waals surface area contributed by atoms with Crippen molar-refractivity contribution in [3.8, 4) is 16.9 Å². The van der Waals surface area contributed by atoms with Gasteiger partial charge < -0.3 is 14.8 Å². The molecular formula is C38H34F3N7O8S. The Kier molecular flexibility index (Phi) is 11.3. The highest BCUT2D eigenvalue weighted by molar-refractivity contribution is 7.90. The molecule has 6 rings (SSSR count). The van der Waals surface area contributed by atoms with Crippen molar-refractivity contribution >= 4 is 27.9 Å². The number of hydrazine groups is 1. The Bertz CT molecular complexity index is 2390. The first-order valence-electron chi connectivity index (χ1n) is 17.2. The number of nitrogens with zero attached hydrogens (tertiary/aromatic N) is 6. The van der Waals surface area contributed by atoms with E-state index in [0.717, 1.165) is 38.4 Å². The number of fused-ring (bicyclic) bond motifs is 1. The molecule has 0 fully saturated rings. The van der Waals surface area contributed by atoms with E-state index in [0.29, 0.717) is 11.1 Å². The number of hydrogen-bond donors (Lipinski definition) is 1. The van der Waals surface area contributed by atoms with Gasteiger partial charge in [-0.1, -0.05) is 72.3 Å². The van der Waals surface area contributed by atoms with Crippen molar-refractivity contribution in [3.63, 3.8) is 0 Å². The van der Waals surface area contributed by atoms with Crippen LogP contribution in [0.25, 0.3) is 16.9 Å².